The maximum atomic E-state index is 12.8. The van der Waals surface area contributed by atoms with Crippen LogP contribution < -0.4 is 5.32 Å². The van der Waals surface area contributed by atoms with E-state index in [1.54, 1.807) is 6.92 Å². The van der Waals surface area contributed by atoms with Crippen molar-refractivity contribution in [1.29, 1.82) is 0 Å². The minimum absolute atomic E-state index is 0.241. The highest BCUT2D eigenvalue weighted by molar-refractivity contribution is 8.00. The van der Waals surface area contributed by atoms with Crippen molar-refractivity contribution in [2.75, 3.05) is 13.1 Å². The van der Waals surface area contributed by atoms with E-state index < -0.39 is 5.25 Å². The number of aromatic nitrogens is 4. The van der Waals surface area contributed by atoms with Gasteiger partial charge in [-0.05, 0) is 31.2 Å². The number of urea groups is 1. The van der Waals surface area contributed by atoms with Crippen LogP contribution >= 0.6 is 11.8 Å². The van der Waals surface area contributed by atoms with Crippen LogP contribution in [0, 0.1) is 0 Å². The molecule has 0 aliphatic carbocycles. The molecule has 4 aromatic rings. The number of imide groups is 1. The molecular weight excluding hydrogens is 412 g/mol. The van der Waals surface area contributed by atoms with Crippen LogP contribution in [0.1, 0.15) is 6.92 Å². The number of H-pyrrole nitrogens is 1. The summed E-state index contributed by atoms with van der Waals surface area (Å²) in [6.45, 7) is 2.65. The highest BCUT2D eigenvalue weighted by Crippen LogP contribution is 2.31. The van der Waals surface area contributed by atoms with E-state index in [9.17, 15) is 9.59 Å². The third kappa shape index (κ3) is 3.57. The van der Waals surface area contributed by atoms with Gasteiger partial charge in [0.25, 0.3) is 0 Å². The number of carbonyl (C=O) groups is 2. The van der Waals surface area contributed by atoms with Crippen LogP contribution in [0.25, 0.3) is 28.1 Å². The van der Waals surface area contributed by atoms with Crippen molar-refractivity contribution in [1.82, 2.24) is 30.0 Å². The number of fused-ring (bicyclic) bond motifs is 1. The Hall–Kier alpha value is -3.59. The summed E-state index contributed by atoms with van der Waals surface area (Å²) in [6.07, 6.45) is 0. The molecule has 1 fully saturated rings. The summed E-state index contributed by atoms with van der Waals surface area (Å²) < 4.78 is 1.93. The second-order valence-electron chi connectivity index (χ2n) is 7.23. The number of hydrogen-bond donors (Lipinski definition) is 2. The predicted molar refractivity (Wildman–Crippen MR) is 119 cm³/mol. The van der Waals surface area contributed by atoms with Crippen LogP contribution in [0.4, 0.5) is 4.79 Å². The van der Waals surface area contributed by atoms with Gasteiger partial charge in [0.15, 0.2) is 11.0 Å². The lowest BCUT2D eigenvalue weighted by Crippen LogP contribution is -2.39. The van der Waals surface area contributed by atoms with Crippen molar-refractivity contribution in [3.05, 3.63) is 60.7 Å². The molecule has 0 bridgehead atoms. The molecule has 1 aliphatic heterocycles. The second-order valence-corrected chi connectivity index (χ2v) is 8.54. The molecule has 8 nitrogen and oxygen atoms in total. The van der Waals surface area contributed by atoms with Gasteiger partial charge in [0.2, 0.25) is 5.91 Å². The molecule has 2 aromatic carbocycles. The molecule has 0 radical (unpaired) electrons. The van der Waals surface area contributed by atoms with E-state index in [0.717, 1.165) is 22.3 Å². The van der Waals surface area contributed by atoms with Crippen molar-refractivity contribution >= 4 is 34.6 Å². The Kier molecular flexibility index (Phi) is 4.95. The zero-order chi connectivity index (χ0) is 21.4. The lowest BCUT2D eigenvalue weighted by molar-refractivity contribution is -0.126. The van der Waals surface area contributed by atoms with Crippen molar-refractivity contribution < 1.29 is 9.59 Å². The van der Waals surface area contributed by atoms with Crippen LogP contribution in [-0.4, -0.2) is 54.9 Å². The topological polar surface area (TPSA) is 95.9 Å². The van der Waals surface area contributed by atoms with Gasteiger partial charge in [0.1, 0.15) is 0 Å². The monoisotopic (exact) mass is 432 g/mol. The Labute approximate surface area is 182 Å². The van der Waals surface area contributed by atoms with E-state index in [4.69, 9.17) is 0 Å². The summed E-state index contributed by atoms with van der Waals surface area (Å²) >= 11 is 1.29. The van der Waals surface area contributed by atoms with E-state index >= 15 is 0 Å². The quantitative estimate of drug-likeness (QED) is 0.471. The zero-order valence-electron chi connectivity index (χ0n) is 16.8. The highest BCUT2D eigenvalue weighted by Gasteiger charge is 2.31. The Morgan fingerprint density at radius 2 is 1.87 bits per heavy atom. The number of rotatable bonds is 5. The molecule has 3 amide bonds. The van der Waals surface area contributed by atoms with Crippen LogP contribution in [0.3, 0.4) is 0 Å². The molecule has 0 saturated carbocycles. The van der Waals surface area contributed by atoms with E-state index in [0.29, 0.717) is 24.1 Å². The second kappa shape index (κ2) is 7.92. The van der Waals surface area contributed by atoms with Gasteiger partial charge in [0.05, 0.1) is 10.9 Å². The van der Waals surface area contributed by atoms with Gasteiger partial charge < -0.3 is 10.3 Å². The summed E-state index contributed by atoms with van der Waals surface area (Å²) in [7, 11) is 0. The maximum Gasteiger partial charge on any atom is 0.324 e. The van der Waals surface area contributed by atoms with Crippen molar-refractivity contribution in [3.8, 4) is 17.2 Å². The fraction of sp³-hybridized carbons (Fsp3) is 0.182. The first-order valence-electron chi connectivity index (χ1n) is 9.96. The number of carbonyl (C=O) groups excluding carboxylic acids is 2. The highest BCUT2D eigenvalue weighted by atomic mass is 32.2. The van der Waals surface area contributed by atoms with E-state index in [-0.39, 0.29) is 11.9 Å². The minimum atomic E-state index is -0.494. The van der Waals surface area contributed by atoms with Gasteiger partial charge in [-0.15, -0.1) is 10.2 Å². The van der Waals surface area contributed by atoms with Crippen molar-refractivity contribution in [3.63, 3.8) is 0 Å². The van der Waals surface area contributed by atoms with E-state index in [1.165, 1.54) is 16.7 Å². The molecule has 1 atom stereocenters. The average molecular weight is 433 g/mol. The van der Waals surface area contributed by atoms with Gasteiger partial charge in [-0.2, -0.15) is 0 Å². The predicted octanol–water partition coefficient (Wildman–Crippen LogP) is 3.45. The number of hydrogen-bond acceptors (Lipinski definition) is 5. The normalized spacial score (nSPS) is 14.7. The molecule has 1 saturated heterocycles. The van der Waals surface area contributed by atoms with Gasteiger partial charge in [0, 0.05) is 29.7 Å². The SMILES string of the molecule is CC(Sc1nnc(-c2cc3ccccc3[nH]2)n1-c1ccccc1)C(=O)N1CCNC1=O. The smallest absolute Gasteiger partial charge is 0.324 e. The number of nitrogens with one attached hydrogen (secondary N) is 2. The summed E-state index contributed by atoms with van der Waals surface area (Å²) in [5, 5.41) is 12.7. The number of aromatic amines is 1. The molecule has 31 heavy (non-hydrogen) atoms. The lowest BCUT2D eigenvalue weighted by atomic mass is 10.2. The van der Waals surface area contributed by atoms with Crippen LogP contribution in [0.15, 0.2) is 65.8 Å². The van der Waals surface area contributed by atoms with E-state index in [1.807, 2.05) is 65.2 Å². The Morgan fingerprint density at radius 3 is 2.61 bits per heavy atom. The Balaban J connectivity index is 1.53. The van der Waals surface area contributed by atoms with Crippen molar-refractivity contribution in [2.24, 2.45) is 0 Å². The first-order valence-corrected chi connectivity index (χ1v) is 10.8. The first-order chi connectivity index (χ1) is 15.1. The maximum absolute atomic E-state index is 12.8. The number of para-hydroxylation sites is 2. The molecule has 9 heteroatoms. The van der Waals surface area contributed by atoms with Crippen LogP contribution in [0.5, 0.6) is 0 Å². The van der Waals surface area contributed by atoms with Crippen LogP contribution in [-0.2, 0) is 4.79 Å². The third-order valence-corrected chi connectivity index (χ3v) is 6.20. The minimum Gasteiger partial charge on any atom is -0.352 e. The molecule has 0 spiro atoms. The van der Waals surface area contributed by atoms with Gasteiger partial charge in [-0.1, -0.05) is 48.2 Å². The Bertz CT molecular complexity index is 1230. The standard InChI is InChI=1S/C22H20N6O2S/c1-14(20(29)27-12-11-23-21(27)30)31-22-26-25-19(28(22)16-8-3-2-4-9-16)18-13-15-7-5-6-10-17(15)24-18/h2-10,13-14,24H,11-12H2,1H3,(H,23,30). The fourth-order valence-electron chi connectivity index (χ4n) is 3.63. The van der Waals surface area contributed by atoms with Crippen molar-refractivity contribution in [2.45, 2.75) is 17.3 Å². The van der Waals surface area contributed by atoms with E-state index in [2.05, 4.69) is 20.5 Å². The van der Waals surface area contributed by atoms with Gasteiger partial charge >= 0.3 is 6.03 Å². The number of nitrogens with zero attached hydrogens (tertiary/aromatic N) is 4. The zero-order valence-corrected chi connectivity index (χ0v) is 17.6. The molecule has 156 valence electrons. The average Bonchev–Trinajstić information content (AvgIpc) is 3.51. The molecule has 3 heterocycles. The third-order valence-electron chi connectivity index (χ3n) is 5.17. The summed E-state index contributed by atoms with van der Waals surface area (Å²) in [4.78, 5) is 29.3. The summed E-state index contributed by atoms with van der Waals surface area (Å²) in [5.41, 5.74) is 2.74. The molecule has 1 aliphatic rings. The van der Waals surface area contributed by atoms with Crippen LogP contribution in [0.2, 0.25) is 0 Å². The lowest BCUT2D eigenvalue weighted by Gasteiger charge is -2.17. The number of benzene rings is 2. The number of thioether (sulfide) groups is 1. The first kappa shape index (κ1) is 19.4. The summed E-state index contributed by atoms with van der Waals surface area (Å²) in [5.74, 6) is 0.415. The Morgan fingerprint density at radius 1 is 1.10 bits per heavy atom. The molecule has 1 unspecified atom stereocenters. The molecule has 2 aromatic heterocycles. The molecule has 5 rings (SSSR count). The fourth-order valence-corrected chi connectivity index (χ4v) is 4.56. The molecular formula is C22H20N6O2S. The largest absolute Gasteiger partial charge is 0.352 e. The van der Waals surface area contributed by atoms with Gasteiger partial charge in [-0.25, -0.2) is 4.79 Å². The van der Waals surface area contributed by atoms with Gasteiger partial charge in [-0.3, -0.25) is 14.3 Å². The molecule has 2 N–H and O–H groups in total. The number of amides is 3. The summed E-state index contributed by atoms with van der Waals surface area (Å²) in [6, 6.07) is 19.5.